The molecule has 0 atom stereocenters. The first kappa shape index (κ1) is 44.2. The van der Waals surface area contributed by atoms with Gasteiger partial charge in [-0.15, -0.1) is 0 Å². The largest absolute Gasteiger partial charge is 0.309 e. The normalized spacial score (nSPS) is 12.8. The number of hydrogen-bond donors (Lipinski definition) is 0. The number of nitrogens with zero attached hydrogens (tertiary/aromatic N) is 2. The Morgan fingerprint density at radius 2 is 0.724 bits per heavy atom. The molecule has 1 aliphatic rings. The highest BCUT2D eigenvalue weighted by Crippen LogP contribution is 2.41. The molecule has 0 N–H and O–H groups in total. The number of benzene rings is 12. The minimum absolute atomic E-state index is 1.13. The number of fused-ring (bicyclic) bond motifs is 9. The van der Waals surface area contributed by atoms with Crippen molar-refractivity contribution in [3.63, 3.8) is 0 Å². The Hall–Kier alpha value is -9.33. The molecule has 0 bridgehead atoms. The second-order valence-electron chi connectivity index (χ2n) is 20.3. The molecule has 3 heterocycles. The van der Waals surface area contributed by atoms with Gasteiger partial charge in [-0.25, -0.2) is 0 Å². The van der Waals surface area contributed by atoms with Crippen LogP contribution in [0.2, 0.25) is 0 Å². The molecule has 0 amide bonds. The Morgan fingerprint density at radius 1 is 0.263 bits per heavy atom. The van der Waals surface area contributed by atoms with Crippen LogP contribution in [-0.4, -0.2) is 25.3 Å². The van der Waals surface area contributed by atoms with Gasteiger partial charge in [0.1, 0.15) is 0 Å². The predicted octanol–water partition coefficient (Wildman–Crippen LogP) is 12.3. The molecule has 0 aliphatic carbocycles. The number of hydrogen-bond acceptors (Lipinski definition) is 0. The maximum Gasteiger partial charge on any atom is 0.180 e. The molecule has 14 aromatic rings. The van der Waals surface area contributed by atoms with Crippen molar-refractivity contribution >= 4 is 101 Å². The molecule has 356 valence electrons. The van der Waals surface area contributed by atoms with E-state index in [0.717, 1.165) is 11.4 Å². The first-order valence-electron chi connectivity index (χ1n) is 26.4. The molecular formula is C72H50N2Si2. The third-order valence-electron chi connectivity index (χ3n) is 16.5. The molecule has 2 aromatic heterocycles. The zero-order chi connectivity index (χ0) is 50.2. The molecule has 15 rings (SSSR count). The fourth-order valence-corrected chi connectivity index (χ4v) is 23.5. The van der Waals surface area contributed by atoms with Crippen molar-refractivity contribution in [2.45, 2.75) is 0 Å². The van der Waals surface area contributed by atoms with Crippen LogP contribution in [0.5, 0.6) is 0 Å². The molecule has 76 heavy (non-hydrogen) atoms. The summed E-state index contributed by atoms with van der Waals surface area (Å²) in [6.45, 7) is 0. The van der Waals surface area contributed by atoms with Gasteiger partial charge in [-0.1, -0.05) is 261 Å². The van der Waals surface area contributed by atoms with Crippen molar-refractivity contribution in [2.75, 3.05) is 0 Å². The lowest BCUT2D eigenvalue weighted by atomic mass is 9.97. The fraction of sp³-hybridized carbons (Fsp3) is 0. The molecule has 0 radical (unpaired) electrons. The van der Waals surface area contributed by atoms with Crippen molar-refractivity contribution in [3.8, 4) is 33.6 Å². The van der Waals surface area contributed by atoms with Crippen molar-refractivity contribution in [1.82, 2.24) is 9.13 Å². The van der Waals surface area contributed by atoms with Crippen LogP contribution in [0.3, 0.4) is 0 Å². The van der Waals surface area contributed by atoms with Crippen molar-refractivity contribution in [2.24, 2.45) is 0 Å². The monoisotopic (exact) mass is 998 g/mol. The third-order valence-corrected chi connectivity index (χ3v) is 26.2. The summed E-state index contributed by atoms with van der Waals surface area (Å²) in [6, 6.07) is 114. The van der Waals surface area contributed by atoms with Gasteiger partial charge in [-0.05, 0) is 106 Å². The van der Waals surface area contributed by atoms with Crippen molar-refractivity contribution < 1.29 is 0 Å². The van der Waals surface area contributed by atoms with Crippen molar-refractivity contribution in [1.29, 1.82) is 0 Å². The molecule has 0 fully saturated rings. The number of para-hydroxylation sites is 2. The summed E-state index contributed by atoms with van der Waals surface area (Å²) in [4.78, 5) is 0. The molecule has 12 aromatic carbocycles. The highest BCUT2D eigenvalue weighted by Gasteiger charge is 2.49. The van der Waals surface area contributed by atoms with Crippen LogP contribution in [0.25, 0.3) is 77.2 Å². The lowest BCUT2D eigenvalue weighted by Crippen LogP contribution is -2.74. The van der Waals surface area contributed by atoms with E-state index in [1.54, 1.807) is 0 Å². The van der Waals surface area contributed by atoms with Crippen LogP contribution >= 0.6 is 0 Å². The van der Waals surface area contributed by atoms with E-state index in [2.05, 4.69) is 312 Å². The Kier molecular flexibility index (Phi) is 10.3. The lowest BCUT2D eigenvalue weighted by molar-refractivity contribution is 1.16. The Labute approximate surface area is 444 Å². The van der Waals surface area contributed by atoms with E-state index in [0.29, 0.717) is 0 Å². The zero-order valence-electron chi connectivity index (χ0n) is 41.8. The first-order chi connectivity index (χ1) is 37.7. The average molecular weight is 999 g/mol. The molecule has 4 heteroatoms. The second kappa shape index (κ2) is 17.7. The standard InChI is InChI=1S/C72H50N2Si2/c1-6-25-54(26-7-1)75(55-27-8-2-9-28-55,56-29-10-3-11-30-56)59-35-22-24-52(49-59)74-66-40-19-16-36-61(66)62-47-45-53(50-69(62)74)73-67-41-20-17-38-65(67)72-60(39-23-42-68(72)73)51-44-46-64-63-37-18-21-43-70(63)76(71(64)48-51,57-31-12-4-13-32-57)58-33-14-5-15-34-58/h1-50H. The summed E-state index contributed by atoms with van der Waals surface area (Å²) in [5.74, 6) is 0. The summed E-state index contributed by atoms with van der Waals surface area (Å²) in [5.41, 5.74) is 12.2. The Bertz CT molecular complexity index is 4370. The number of rotatable bonds is 9. The Balaban J connectivity index is 0.941. The van der Waals surface area contributed by atoms with E-state index in [4.69, 9.17) is 0 Å². The molecule has 0 saturated carbocycles. The predicted molar refractivity (Wildman–Crippen MR) is 327 cm³/mol. The maximum absolute atomic E-state index is 2.81. The fourth-order valence-electron chi connectivity index (χ4n) is 13.5. The first-order valence-corrected chi connectivity index (χ1v) is 30.4. The van der Waals surface area contributed by atoms with Crippen LogP contribution < -0.4 is 41.5 Å². The van der Waals surface area contributed by atoms with Gasteiger partial charge < -0.3 is 9.13 Å². The minimum Gasteiger partial charge on any atom is -0.309 e. The lowest BCUT2D eigenvalue weighted by Gasteiger charge is -2.34. The van der Waals surface area contributed by atoms with E-state index in [1.165, 1.54) is 107 Å². The van der Waals surface area contributed by atoms with Gasteiger partial charge in [0.25, 0.3) is 0 Å². The second-order valence-corrected chi connectivity index (χ2v) is 27.8. The van der Waals surface area contributed by atoms with Gasteiger partial charge in [-0.2, -0.15) is 0 Å². The SMILES string of the molecule is c1ccc([Si](c2ccccc2)(c2ccccc2)c2cccc(-n3c4ccccc4c4ccc(-n5c6ccccc6c6c(-c7ccc8c(c7)[Si](c7ccccc7)(c7ccccc7)c7ccccc7-8)cccc65)cc43)c2)cc1. The summed E-state index contributed by atoms with van der Waals surface area (Å²) in [6.07, 6.45) is 0. The molecule has 2 nitrogen and oxygen atoms in total. The quantitative estimate of drug-likeness (QED) is 0.101. The summed E-state index contributed by atoms with van der Waals surface area (Å²) >= 11 is 0. The van der Waals surface area contributed by atoms with Gasteiger partial charge in [0, 0.05) is 32.9 Å². The summed E-state index contributed by atoms with van der Waals surface area (Å²) in [7, 11) is -5.51. The van der Waals surface area contributed by atoms with Gasteiger partial charge >= 0.3 is 0 Å². The Morgan fingerprint density at radius 3 is 1.38 bits per heavy atom. The topological polar surface area (TPSA) is 9.86 Å². The van der Waals surface area contributed by atoms with E-state index in [1.807, 2.05) is 0 Å². The van der Waals surface area contributed by atoms with Gasteiger partial charge in [0.15, 0.2) is 16.1 Å². The van der Waals surface area contributed by atoms with Crippen LogP contribution in [0.15, 0.2) is 303 Å². The van der Waals surface area contributed by atoms with Gasteiger partial charge in [0.05, 0.1) is 22.1 Å². The summed E-state index contributed by atoms with van der Waals surface area (Å²) < 4.78 is 5.01. The summed E-state index contributed by atoms with van der Waals surface area (Å²) in [5, 5.41) is 16.1. The third kappa shape index (κ3) is 6.45. The van der Waals surface area contributed by atoms with Crippen molar-refractivity contribution in [3.05, 3.63) is 303 Å². The minimum atomic E-state index is -2.81. The van der Waals surface area contributed by atoms with Gasteiger partial charge in [0.2, 0.25) is 0 Å². The van der Waals surface area contributed by atoms with E-state index < -0.39 is 16.1 Å². The van der Waals surface area contributed by atoms with E-state index in [-0.39, 0.29) is 0 Å². The maximum atomic E-state index is 2.56. The van der Waals surface area contributed by atoms with Crippen LogP contribution in [0.1, 0.15) is 0 Å². The van der Waals surface area contributed by atoms with E-state index in [9.17, 15) is 0 Å². The zero-order valence-corrected chi connectivity index (χ0v) is 43.8. The number of aromatic nitrogens is 2. The highest BCUT2D eigenvalue weighted by atomic mass is 28.3. The molecule has 0 unspecified atom stereocenters. The van der Waals surface area contributed by atoms with Crippen LogP contribution in [-0.2, 0) is 0 Å². The van der Waals surface area contributed by atoms with E-state index >= 15 is 0 Å². The highest BCUT2D eigenvalue weighted by molar-refractivity contribution is 7.22. The smallest absolute Gasteiger partial charge is 0.180 e. The molecular weight excluding hydrogens is 949 g/mol. The molecule has 0 saturated heterocycles. The molecule has 0 spiro atoms. The van der Waals surface area contributed by atoms with Crippen LogP contribution in [0.4, 0.5) is 0 Å². The average Bonchev–Trinajstić information content (AvgIpc) is 4.18. The molecule has 1 aliphatic heterocycles. The van der Waals surface area contributed by atoms with Crippen LogP contribution in [0, 0.1) is 0 Å². The van der Waals surface area contributed by atoms with Gasteiger partial charge in [-0.3, -0.25) is 0 Å².